The van der Waals surface area contributed by atoms with Gasteiger partial charge in [0.15, 0.2) is 0 Å². The van der Waals surface area contributed by atoms with Gasteiger partial charge in [0.2, 0.25) is 0 Å². The van der Waals surface area contributed by atoms with Crippen molar-refractivity contribution in [3.8, 4) is 0 Å². The number of benzene rings is 1. The number of rotatable bonds is 4. The number of hydrogen-bond donors (Lipinski definition) is 2. The Kier molecular flexibility index (Phi) is 4.49. The number of anilines is 1. The van der Waals surface area contributed by atoms with Crippen molar-refractivity contribution in [3.63, 3.8) is 0 Å². The largest absolute Gasteiger partial charge is 0.394 e. The van der Waals surface area contributed by atoms with Gasteiger partial charge in [0.05, 0.1) is 12.1 Å². The van der Waals surface area contributed by atoms with Gasteiger partial charge in [0, 0.05) is 23.8 Å². The lowest BCUT2D eigenvalue weighted by Gasteiger charge is -2.41. The Balaban J connectivity index is 2.05. The van der Waals surface area contributed by atoms with Crippen LogP contribution in [0.15, 0.2) is 24.3 Å². The van der Waals surface area contributed by atoms with Crippen LogP contribution in [0.5, 0.6) is 0 Å². The molecule has 3 nitrogen and oxygen atoms in total. The molecule has 1 saturated heterocycles. The number of nitrogens with one attached hydrogen (secondary N) is 1. The van der Waals surface area contributed by atoms with Crippen molar-refractivity contribution in [1.29, 1.82) is 0 Å². The van der Waals surface area contributed by atoms with Crippen molar-refractivity contribution in [2.24, 2.45) is 0 Å². The third-order valence-electron chi connectivity index (χ3n) is 3.80. The molecule has 0 unspecified atom stereocenters. The van der Waals surface area contributed by atoms with Gasteiger partial charge in [0.25, 0.3) is 0 Å². The fraction of sp³-hybridized carbons (Fsp3) is 0.571. The van der Waals surface area contributed by atoms with Gasteiger partial charge in [-0.1, -0.05) is 24.6 Å². The summed E-state index contributed by atoms with van der Waals surface area (Å²) in [6.07, 6.45) is 1.92. The maximum absolute atomic E-state index is 9.72. The molecule has 1 aromatic rings. The number of aliphatic hydroxyl groups is 1. The maximum Gasteiger partial charge on any atom is 0.0662 e. The Morgan fingerprint density at radius 3 is 2.67 bits per heavy atom. The first-order valence-corrected chi connectivity index (χ1v) is 6.92. The van der Waals surface area contributed by atoms with Crippen LogP contribution in [0.1, 0.15) is 19.8 Å². The number of likely N-dealkylation sites (tertiary alicyclic amines) is 1. The predicted octanol–water partition coefficient (Wildman–Crippen LogP) is 2.60. The molecule has 18 heavy (non-hydrogen) atoms. The molecule has 1 aromatic carbocycles. The summed E-state index contributed by atoms with van der Waals surface area (Å²) in [5.41, 5.74) is 0.789. The zero-order valence-electron chi connectivity index (χ0n) is 10.8. The standard InChI is InChI=1S/C14H21ClN2O/c1-2-17-8-6-14(11-18,7-9-17)16-13-5-3-4-12(15)10-13/h3-5,10,16,18H,2,6-9,11H2,1H3. The molecule has 2 rings (SSSR count). The highest BCUT2D eigenvalue weighted by Crippen LogP contribution is 2.27. The van der Waals surface area contributed by atoms with E-state index in [1.807, 2.05) is 24.3 Å². The second kappa shape index (κ2) is 5.91. The monoisotopic (exact) mass is 268 g/mol. The van der Waals surface area contributed by atoms with E-state index in [-0.39, 0.29) is 12.1 Å². The van der Waals surface area contributed by atoms with E-state index in [1.54, 1.807) is 0 Å². The Labute approximate surface area is 114 Å². The number of hydrogen-bond acceptors (Lipinski definition) is 3. The summed E-state index contributed by atoms with van der Waals surface area (Å²) in [5, 5.41) is 13.9. The molecule has 2 N–H and O–H groups in total. The average molecular weight is 269 g/mol. The molecule has 1 aliphatic rings. The molecule has 1 heterocycles. The maximum atomic E-state index is 9.72. The van der Waals surface area contributed by atoms with Crippen molar-refractivity contribution in [1.82, 2.24) is 4.90 Å². The number of halogens is 1. The third kappa shape index (κ3) is 3.16. The molecule has 1 fully saturated rings. The normalized spacial score (nSPS) is 19.7. The van der Waals surface area contributed by atoms with Crippen LogP contribution in [0.2, 0.25) is 5.02 Å². The molecule has 0 amide bonds. The zero-order valence-corrected chi connectivity index (χ0v) is 11.6. The van der Waals surface area contributed by atoms with E-state index in [1.165, 1.54) is 0 Å². The lowest BCUT2D eigenvalue weighted by atomic mass is 9.88. The fourth-order valence-corrected chi connectivity index (χ4v) is 2.68. The summed E-state index contributed by atoms with van der Waals surface area (Å²) in [5.74, 6) is 0. The molecule has 1 aliphatic heterocycles. The quantitative estimate of drug-likeness (QED) is 0.881. The van der Waals surface area contributed by atoms with Crippen molar-refractivity contribution >= 4 is 17.3 Å². The number of nitrogens with zero attached hydrogens (tertiary/aromatic N) is 1. The van der Waals surface area contributed by atoms with Crippen LogP contribution in [-0.2, 0) is 0 Å². The predicted molar refractivity (Wildman–Crippen MR) is 76.2 cm³/mol. The van der Waals surface area contributed by atoms with Gasteiger partial charge in [-0.05, 0) is 37.6 Å². The molecule has 4 heteroatoms. The molecule has 0 bridgehead atoms. The van der Waals surface area contributed by atoms with Gasteiger partial charge in [-0.3, -0.25) is 0 Å². The average Bonchev–Trinajstić information content (AvgIpc) is 2.39. The summed E-state index contributed by atoms with van der Waals surface area (Å²) < 4.78 is 0. The van der Waals surface area contributed by atoms with Gasteiger partial charge in [0.1, 0.15) is 0 Å². The highest BCUT2D eigenvalue weighted by Gasteiger charge is 2.33. The first-order valence-electron chi connectivity index (χ1n) is 6.54. The van der Waals surface area contributed by atoms with E-state index >= 15 is 0 Å². The fourth-order valence-electron chi connectivity index (χ4n) is 2.49. The molecular formula is C14H21ClN2O. The first kappa shape index (κ1) is 13.7. The second-order valence-corrected chi connectivity index (χ2v) is 5.44. The minimum Gasteiger partial charge on any atom is -0.394 e. The minimum absolute atomic E-state index is 0.164. The first-order chi connectivity index (χ1) is 8.67. The van der Waals surface area contributed by atoms with Gasteiger partial charge in [-0.25, -0.2) is 0 Å². The summed E-state index contributed by atoms with van der Waals surface area (Å²) in [6.45, 7) is 5.49. The van der Waals surface area contributed by atoms with Crippen LogP contribution < -0.4 is 5.32 Å². The van der Waals surface area contributed by atoms with E-state index < -0.39 is 0 Å². The van der Waals surface area contributed by atoms with E-state index in [2.05, 4.69) is 17.1 Å². The minimum atomic E-state index is -0.198. The molecular weight excluding hydrogens is 248 g/mol. The summed E-state index contributed by atoms with van der Waals surface area (Å²) in [7, 11) is 0. The van der Waals surface area contributed by atoms with Gasteiger partial charge >= 0.3 is 0 Å². The summed E-state index contributed by atoms with van der Waals surface area (Å²) in [6, 6.07) is 7.69. The van der Waals surface area contributed by atoms with E-state index in [0.717, 1.165) is 43.2 Å². The van der Waals surface area contributed by atoms with E-state index in [9.17, 15) is 5.11 Å². The third-order valence-corrected chi connectivity index (χ3v) is 4.03. The van der Waals surface area contributed by atoms with E-state index in [4.69, 9.17) is 11.6 Å². The smallest absolute Gasteiger partial charge is 0.0662 e. The van der Waals surface area contributed by atoms with Crippen LogP contribution in [0.4, 0.5) is 5.69 Å². The second-order valence-electron chi connectivity index (χ2n) is 5.01. The number of piperidine rings is 1. The van der Waals surface area contributed by atoms with Crippen molar-refractivity contribution in [2.45, 2.75) is 25.3 Å². The zero-order chi connectivity index (χ0) is 13.0. The lowest BCUT2D eigenvalue weighted by molar-refractivity contribution is 0.122. The summed E-state index contributed by atoms with van der Waals surface area (Å²) >= 11 is 5.99. The van der Waals surface area contributed by atoms with Gasteiger partial charge in [-0.2, -0.15) is 0 Å². The van der Waals surface area contributed by atoms with Crippen LogP contribution in [0.25, 0.3) is 0 Å². The van der Waals surface area contributed by atoms with E-state index in [0.29, 0.717) is 0 Å². The molecule has 0 atom stereocenters. The van der Waals surface area contributed by atoms with Crippen LogP contribution >= 0.6 is 11.6 Å². The Bertz CT molecular complexity index is 389. The van der Waals surface area contributed by atoms with Gasteiger partial charge in [-0.15, -0.1) is 0 Å². The van der Waals surface area contributed by atoms with Crippen molar-refractivity contribution in [3.05, 3.63) is 29.3 Å². The lowest BCUT2D eigenvalue weighted by Crippen LogP contribution is -2.51. The topological polar surface area (TPSA) is 35.5 Å². The van der Waals surface area contributed by atoms with Crippen molar-refractivity contribution < 1.29 is 5.11 Å². The highest BCUT2D eigenvalue weighted by molar-refractivity contribution is 6.30. The molecule has 0 radical (unpaired) electrons. The van der Waals surface area contributed by atoms with Crippen molar-refractivity contribution in [2.75, 3.05) is 31.6 Å². The molecule has 0 aliphatic carbocycles. The molecule has 0 aromatic heterocycles. The van der Waals surface area contributed by atoms with Crippen LogP contribution in [-0.4, -0.2) is 41.8 Å². The Morgan fingerprint density at radius 2 is 2.11 bits per heavy atom. The molecule has 0 spiro atoms. The highest BCUT2D eigenvalue weighted by atomic mass is 35.5. The van der Waals surface area contributed by atoms with Crippen LogP contribution in [0.3, 0.4) is 0 Å². The molecule has 0 saturated carbocycles. The number of aliphatic hydroxyl groups excluding tert-OH is 1. The SMILES string of the molecule is CCN1CCC(CO)(Nc2cccc(Cl)c2)CC1. The summed E-state index contributed by atoms with van der Waals surface area (Å²) in [4.78, 5) is 2.41. The Hall–Kier alpha value is -0.770. The van der Waals surface area contributed by atoms with Crippen LogP contribution in [0, 0.1) is 0 Å². The van der Waals surface area contributed by atoms with Gasteiger partial charge < -0.3 is 15.3 Å². The Morgan fingerprint density at radius 1 is 1.39 bits per heavy atom. The molecule has 100 valence electrons.